The maximum atomic E-state index is 11.1. The average molecular weight is 191 g/mol. The highest BCUT2D eigenvalue weighted by Gasteiger charge is 2.33. The molecule has 0 aromatic heterocycles. The highest BCUT2D eigenvalue weighted by Crippen LogP contribution is 2.31. The van der Waals surface area contributed by atoms with Crippen molar-refractivity contribution in [3.05, 3.63) is 11.6 Å². The molecule has 0 radical (unpaired) electrons. The van der Waals surface area contributed by atoms with E-state index in [1.54, 1.807) is 6.08 Å². The predicted octanol–water partition coefficient (Wildman–Crippen LogP) is -0.383. The first kappa shape index (κ1) is 9.70. The number of hydrogen-bond donors (Lipinski definition) is 2. The molecule has 70 valence electrons. The molecular weight excluding hydrogens is 178 g/mol. The SMILES string of the molecule is CNS(=O)(=O)C1CC(=CCO)C1. The van der Waals surface area contributed by atoms with Crippen molar-refractivity contribution < 1.29 is 13.5 Å². The minimum Gasteiger partial charge on any atom is -0.392 e. The third-order valence-corrected chi connectivity index (χ3v) is 3.86. The van der Waals surface area contributed by atoms with Crippen molar-refractivity contribution in [2.24, 2.45) is 0 Å². The lowest BCUT2D eigenvalue weighted by atomic mass is 9.91. The normalized spacial score (nSPS) is 23.5. The fraction of sp³-hybridized carbons (Fsp3) is 0.714. The molecule has 0 aromatic carbocycles. The maximum Gasteiger partial charge on any atom is 0.214 e. The van der Waals surface area contributed by atoms with Crippen LogP contribution in [0.3, 0.4) is 0 Å². The second-order valence-corrected chi connectivity index (χ2v) is 4.99. The van der Waals surface area contributed by atoms with Crippen LogP contribution >= 0.6 is 0 Å². The van der Waals surface area contributed by atoms with Crippen LogP contribution in [-0.2, 0) is 10.0 Å². The Kier molecular flexibility index (Phi) is 2.87. The van der Waals surface area contributed by atoms with Gasteiger partial charge in [0.2, 0.25) is 10.0 Å². The van der Waals surface area contributed by atoms with E-state index >= 15 is 0 Å². The van der Waals surface area contributed by atoms with Gasteiger partial charge >= 0.3 is 0 Å². The Hall–Kier alpha value is -0.390. The number of hydrogen-bond acceptors (Lipinski definition) is 3. The van der Waals surface area contributed by atoms with Crippen LogP contribution in [-0.4, -0.2) is 32.4 Å². The molecular formula is C7H13NO3S. The van der Waals surface area contributed by atoms with Crippen LogP contribution in [0.4, 0.5) is 0 Å². The molecule has 0 heterocycles. The highest BCUT2D eigenvalue weighted by molar-refractivity contribution is 7.90. The van der Waals surface area contributed by atoms with Crippen molar-refractivity contribution in [2.45, 2.75) is 18.1 Å². The van der Waals surface area contributed by atoms with Gasteiger partial charge < -0.3 is 5.11 Å². The monoisotopic (exact) mass is 191 g/mol. The largest absolute Gasteiger partial charge is 0.392 e. The first-order valence-corrected chi connectivity index (χ1v) is 5.36. The zero-order valence-corrected chi connectivity index (χ0v) is 7.76. The van der Waals surface area contributed by atoms with E-state index in [9.17, 15) is 8.42 Å². The lowest BCUT2D eigenvalue weighted by Gasteiger charge is -2.28. The Morgan fingerprint density at radius 2 is 2.25 bits per heavy atom. The minimum atomic E-state index is -3.09. The number of nitrogens with one attached hydrogen (secondary N) is 1. The van der Waals surface area contributed by atoms with Crippen molar-refractivity contribution in [3.8, 4) is 0 Å². The molecule has 0 aliphatic heterocycles. The summed E-state index contributed by atoms with van der Waals surface area (Å²) < 4.78 is 24.5. The van der Waals surface area contributed by atoms with Crippen molar-refractivity contribution in [1.82, 2.24) is 4.72 Å². The number of aliphatic hydroxyl groups is 1. The van der Waals surface area contributed by atoms with Gasteiger partial charge in [-0.05, 0) is 19.9 Å². The predicted molar refractivity (Wildman–Crippen MR) is 46.2 cm³/mol. The second-order valence-electron chi connectivity index (χ2n) is 2.82. The summed E-state index contributed by atoms with van der Waals surface area (Å²) >= 11 is 0. The van der Waals surface area contributed by atoms with Gasteiger partial charge in [-0.2, -0.15) is 0 Å². The summed E-state index contributed by atoms with van der Waals surface area (Å²) in [5.74, 6) is 0. The molecule has 0 bridgehead atoms. The fourth-order valence-electron chi connectivity index (χ4n) is 1.21. The third-order valence-electron chi connectivity index (χ3n) is 2.08. The van der Waals surface area contributed by atoms with Gasteiger partial charge in [-0.3, -0.25) is 0 Å². The molecule has 1 aliphatic carbocycles. The Labute approximate surface area is 72.3 Å². The molecule has 2 N–H and O–H groups in total. The molecule has 1 aliphatic rings. The zero-order chi connectivity index (χ0) is 9.19. The van der Waals surface area contributed by atoms with Crippen LogP contribution in [0.15, 0.2) is 11.6 Å². The molecule has 1 fully saturated rings. The van der Waals surface area contributed by atoms with Crippen molar-refractivity contribution in [1.29, 1.82) is 0 Å². The van der Waals surface area contributed by atoms with Gasteiger partial charge in [0.25, 0.3) is 0 Å². The molecule has 0 saturated heterocycles. The third kappa shape index (κ3) is 1.85. The summed E-state index contributed by atoms with van der Waals surface area (Å²) in [4.78, 5) is 0. The van der Waals surface area contributed by atoms with Gasteiger partial charge in [-0.1, -0.05) is 11.6 Å². The molecule has 0 amide bonds. The lowest BCUT2D eigenvalue weighted by molar-refractivity contribution is 0.339. The van der Waals surface area contributed by atoms with Crippen LogP contribution < -0.4 is 4.72 Å². The summed E-state index contributed by atoms with van der Waals surface area (Å²) in [5.41, 5.74) is 1.03. The van der Waals surface area contributed by atoms with Gasteiger partial charge in [0.05, 0.1) is 11.9 Å². The zero-order valence-electron chi connectivity index (χ0n) is 6.95. The van der Waals surface area contributed by atoms with E-state index in [1.807, 2.05) is 0 Å². The highest BCUT2D eigenvalue weighted by atomic mass is 32.2. The van der Waals surface area contributed by atoms with E-state index < -0.39 is 10.0 Å². The molecule has 0 aromatic rings. The van der Waals surface area contributed by atoms with E-state index in [-0.39, 0.29) is 11.9 Å². The Morgan fingerprint density at radius 1 is 1.67 bits per heavy atom. The van der Waals surface area contributed by atoms with E-state index in [0.717, 1.165) is 5.57 Å². The molecule has 12 heavy (non-hydrogen) atoms. The van der Waals surface area contributed by atoms with Crippen LogP contribution in [0.25, 0.3) is 0 Å². The van der Waals surface area contributed by atoms with E-state index in [0.29, 0.717) is 12.8 Å². The Morgan fingerprint density at radius 3 is 2.67 bits per heavy atom. The molecule has 0 atom stereocenters. The first-order chi connectivity index (χ1) is 5.60. The van der Waals surface area contributed by atoms with Crippen LogP contribution in [0.2, 0.25) is 0 Å². The van der Waals surface area contributed by atoms with E-state index in [1.165, 1.54) is 7.05 Å². The summed E-state index contributed by atoms with van der Waals surface area (Å²) in [6.45, 7) is 0.00164. The lowest BCUT2D eigenvalue weighted by Crippen LogP contribution is -2.37. The van der Waals surface area contributed by atoms with Gasteiger partial charge in [-0.25, -0.2) is 13.1 Å². The maximum absolute atomic E-state index is 11.1. The average Bonchev–Trinajstić information content (AvgIpc) is 1.95. The van der Waals surface area contributed by atoms with E-state index in [4.69, 9.17) is 5.11 Å². The fourth-order valence-corrected chi connectivity index (χ4v) is 2.41. The van der Waals surface area contributed by atoms with Crippen LogP contribution in [0.1, 0.15) is 12.8 Å². The summed E-state index contributed by atoms with van der Waals surface area (Å²) in [5, 5.41) is 8.22. The van der Waals surface area contributed by atoms with Crippen molar-refractivity contribution in [3.63, 3.8) is 0 Å². The van der Waals surface area contributed by atoms with E-state index in [2.05, 4.69) is 4.72 Å². The topological polar surface area (TPSA) is 66.4 Å². The van der Waals surface area contributed by atoms with Gasteiger partial charge in [0, 0.05) is 0 Å². The van der Waals surface area contributed by atoms with Gasteiger partial charge in [0.15, 0.2) is 0 Å². The number of sulfonamides is 1. The van der Waals surface area contributed by atoms with Gasteiger partial charge in [-0.15, -0.1) is 0 Å². The van der Waals surface area contributed by atoms with Crippen LogP contribution in [0.5, 0.6) is 0 Å². The molecule has 1 saturated carbocycles. The van der Waals surface area contributed by atoms with Crippen molar-refractivity contribution >= 4 is 10.0 Å². The number of allylic oxidation sites excluding steroid dienone is 1. The van der Waals surface area contributed by atoms with Crippen molar-refractivity contribution in [2.75, 3.05) is 13.7 Å². The molecule has 0 unspecified atom stereocenters. The molecule has 4 nitrogen and oxygen atoms in total. The number of aliphatic hydroxyl groups excluding tert-OH is 1. The standard InChI is InChI=1S/C7H13NO3S/c1-8-12(10,11)7-4-6(5-7)2-3-9/h2,7-9H,3-5H2,1H3. The smallest absolute Gasteiger partial charge is 0.214 e. The summed E-state index contributed by atoms with van der Waals surface area (Å²) in [6.07, 6.45) is 2.79. The van der Waals surface area contributed by atoms with Gasteiger partial charge in [0.1, 0.15) is 0 Å². The second kappa shape index (κ2) is 3.55. The molecule has 5 heteroatoms. The quantitative estimate of drug-likeness (QED) is 0.597. The minimum absolute atomic E-state index is 0.00164. The first-order valence-electron chi connectivity index (χ1n) is 3.81. The Balaban J connectivity index is 2.50. The summed E-state index contributed by atoms with van der Waals surface area (Å²) in [7, 11) is -1.67. The molecule has 1 rings (SSSR count). The Bertz CT molecular complexity index is 273. The summed E-state index contributed by atoms with van der Waals surface area (Å²) in [6, 6.07) is 0. The van der Waals surface area contributed by atoms with Crippen LogP contribution in [0, 0.1) is 0 Å². The molecule has 0 spiro atoms. The number of rotatable bonds is 3.